The molecule has 2 rings (SSSR count). The standard InChI is InChI=1S/C10H12BrN3/c1-10(2,3)14-9-7(5-13-14)4-8(11)6-12-9/h4-6H,1-3H3. The molecule has 74 valence electrons. The highest BCUT2D eigenvalue weighted by molar-refractivity contribution is 9.10. The van der Waals surface area contributed by atoms with E-state index in [2.05, 4.69) is 46.8 Å². The number of aromatic nitrogens is 3. The van der Waals surface area contributed by atoms with Crippen molar-refractivity contribution in [1.82, 2.24) is 14.8 Å². The van der Waals surface area contributed by atoms with Gasteiger partial charge in [-0.3, -0.25) is 0 Å². The first kappa shape index (κ1) is 9.65. The topological polar surface area (TPSA) is 30.7 Å². The average molecular weight is 254 g/mol. The number of halogens is 1. The minimum absolute atomic E-state index is 0.0252. The third-order valence-electron chi connectivity index (χ3n) is 2.01. The summed E-state index contributed by atoms with van der Waals surface area (Å²) in [7, 11) is 0. The molecule has 4 heteroatoms. The molecule has 0 saturated carbocycles. The van der Waals surface area contributed by atoms with Crippen LogP contribution in [0.2, 0.25) is 0 Å². The summed E-state index contributed by atoms with van der Waals surface area (Å²) in [6, 6.07) is 2.03. The van der Waals surface area contributed by atoms with Crippen molar-refractivity contribution in [3.05, 3.63) is 22.9 Å². The van der Waals surface area contributed by atoms with Crippen LogP contribution in [-0.4, -0.2) is 14.8 Å². The van der Waals surface area contributed by atoms with Gasteiger partial charge in [0.05, 0.1) is 11.7 Å². The molecular weight excluding hydrogens is 242 g/mol. The molecule has 0 aliphatic rings. The van der Waals surface area contributed by atoms with Crippen LogP contribution >= 0.6 is 15.9 Å². The zero-order valence-corrected chi connectivity index (χ0v) is 10.0. The lowest BCUT2D eigenvalue weighted by atomic mass is 10.1. The van der Waals surface area contributed by atoms with Gasteiger partial charge in [0.25, 0.3) is 0 Å². The fraction of sp³-hybridized carbons (Fsp3) is 0.400. The zero-order chi connectivity index (χ0) is 10.3. The van der Waals surface area contributed by atoms with Crippen LogP contribution in [0.15, 0.2) is 22.9 Å². The predicted molar refractivity (Wildman–Crippen MR) is 60.2 cm³/mol. The molecular formula is C10H12BrN3. The third-order valence-corrected chi connectivity index (χ3v) is 2.44. The van der Waals surface area contributed by atoms with E-state index >= 15 is 0 Å². The normalized spacial score (nSPS) is 12.3. The molecule has 0 aliphatic carbocycles. The van der Waals surface area contributed by atoms with E-state index in [9.17, 15) is 0 Å². The van der Waals surface area contributed by atoms with E-state index in [4.69, 9.17) is 0 Å². The van der Waals surface area contributed by atoms with Gasteiger partial charge in [0.2, 0.25) is 0 Å². The number of hydrogen-bond acceptors (Lipinski definition) is 2. The van der Waals surface area contributed by atoms with Crippen molar-refractivity contribution in [2.75, 3.05) is 0 Å². The van der Waals surface area contributed by atoms with Gasteiger partial charge in [0.1, 0.15) is 0 Å². The largest absolute Gasteiger partial charge is 0.242 e. The van der Waals surface area contributed by atoms with Gasteiger partial charge < -0.3 is 0 Å². The van der Waals surface area contributed by atoms with Crippen LogP contribution in [0, 0.1) is 0 Å². The minimum Gasteiger partial charge on any atom is -0.242 e. The number of hydrogen-bond donors (Lipinski definition) is 0. The minimum atomic E-state index is -0.0252. The summed E-state index contributed by atoms with van der Waals surface area (Å²) in [6.45, 7) is 6.34. The Morgan fingerprint density at radius 2 is 2.00 bits per heavy atom. The molecule has 0 aromatic carbocycles. The molecule has 0 spiro atoms. The molecule has 0 bridgehead atoms. The van der Waals surface area contributed by atoms with Gasteiger partial charge in [-0.1, -0.05) is 0 Å². The maximum Gasteiger partial charge on any atom is 0.158 e. The highest BCUT2D eigenvalue weighted by Crippen LogP contribution is 2.22. The summed E-state index contributed by atoms with van der Waals surface area (Å²) in [4.78, 5) is 4.36. The molecule has 0 unspecified atom stereocenters. The molecule has 0 radical (unpaired) electrons. The molecule has 0 aliphatic heterocycles. The Kier molecular flexibility index (Phi) is 2.10. The van der Waals surface area contributed by atoms with Crippen molar-refractivity contribution >= 4 is 27.0 Å². The summed E-state index contributed by atoms with van der Waals surface area (Å²) in [5, 5.41) is 5.41. The van der Waals surface area contributed by atoms with Crippen molar-refractivity contribution in [2.24, 2.45) is 0 Å². The van der Waals surface area contributed by atoms with Crippen LogP contribution in [-0.2, 0) is 5.54 Å². The number of rotatable bonds is 0. The van der Waals surface area contributed by atoms with Crippen LogP contribution in [0.25, 0.3) is 11.0 Å². The summed E-state index contributed by atoms with van der Waals surface area (Å²) in [5.41, 5.74) is 0.906. The maximum atomic E-state index is 4.36. The zero-order valence-electron chi connectivity index (χ0n) is 8.45. The Morgan fingerprint density at radius 3 is 2.64 bits per heavy atom. The molecule has 0 fully saturated rings. The van der Waals surface area contributed by atoms with E-state index in [1.165, 1.54) is 0 Å². The fourth-order valence-corrected chi connectivity index (χ4v) is 1.73. The van der Waals surface area contributed by atoms with Crippen molar-refractivity contribution in [3.8, 4) is 0 Å². The highest BCUT2D eigenvalue weighted by atomic mass is 79.9. The van der Waals surface area contributed by atoms with E-state index < -0.39 is 0 Å². The molecule has 0 N–H and O–H groups in total. The maximum absolute atomic E-state index is 4.36. The Hall–Kier alpha value is -0.900. The molecule has 0 atom stereocenters. The lowest BCUT2D eigenvalue weighted by molar-refractivity contribution is 0.366. The van der Waals surface area contributed by atoms with Gasteiger partial charge in [0, 0.05) is 16.1 Å². The SMILES string of the molecule is CC(C)(C)n1ncc2cc(Br)cnc21. The molecule has 14 heavy (non-hydrogen) atoms. The van der Waals surface area contributed by atoms with Crippen molar-refractivity contribution in [2.45, 2.75) is 26.3 Å². The number of nitrogens with zero attached hydrogens (tertiary/aromatic N) is 3. The first-order valence-electron chi connectivity index (χ1n) is 4.48. The van der Waals surface area contributed by atoms with Gasteiger partial charge in [-0.15, -0.1) is 0 Å². The second-order valence-electron chi connectivity index (χ2n) is 4.29. The molecule has 0 amide bonds. The summed E-state index contributed by atoms with van der Waals surface area (Å²) in [5.74, 6) is 0. The molecule has 3 nitrogen and oxygen atoms in total. The van der Waals surface area contributed by atoms with Crippen LogP contribution in [0.3, 0.4) is 0 Å². The quantitative estimate of drug-likeness (QED) is 0.723. The van der Waals surface area contributed by atoms with Gasteiger partial charge in [-0.2, -0.15) is 5.10 Å². The second-order valence-corrected chi connectivity index (χ2v) is 5.21. The first-order valence-corrected chi connectivity index (χ1v) is 5.27. The summed E-state index contributed by atoms with van der Waals surface area (Å²) in [6.07, 6.45) is 3.64. The predicted octanol–water partition coefficient (Wildman–Crippen LogP) is 2.95. The van der Waals surface area contributed by atoms with E-state index in [1.807, 2.05) is 16.9 Å². The van der Waals surface area contributed by atoms with Crippen molar-refractivity contribution in [1.29, 1.82) is 0 Å². The van der Waals surface area contributed by atoms with Crippen LogP contribution in [0.1, 0.15) is 20.8 Å². The fourth-order valence-electron chi connectivity index (χ4n) is 1.39. The van der Waals surface area contributed by atoms with E-state index in [1.54, 1.807) is 6.20 Å². The van der Waals surface area contributed by atoms with E-state index in [-0.39, 0.29) is 5.54 Å². The van der Waals surface area contributed by atoms with Crippen LogP contribution in [0.4, 0.5) is 0 Å². The summed E-state index contributed by atoms with van der Waals surface area (Å²) < 4.78 is 2.92. The van der Waals surface area contributed by atoms with Gasteiger partial charge >= 0.3 is 0 Å². The lowest BCUT2D eigenvalue weighted by Gasteiger charge is -2.19. The van der Waals surface area contributed by atoms with Crippen molar-refractivity contribution < 1.29 is 0 Å². The van der Waals surface area contributed by atoms with E-state index in [0.717, 1.165) is 15.5 Å². The first-order chi connectivity index (χ1) is 6.48. The number of pyridine rings is 1. The second kappa shape index (κ2) is 3.05. The van der Waals surface area contributed by atoms with E-state index in [0.29, 0.717) is 0 Å². The number of fused-ring (bicyclic) bond motifs is 1. The van der Waals surface area contributed by atoms with Gasteiger partial charge in [0.15, 0.2) is 5.65 Å². The average Bonchev–Trinajstić information content (AvgIpc) is 2.45. The van der Waals surface area contributed by atoms with Gasteiger partial charge in [-0.25, -0.2) is 9.67 Å². The monoisotopic (exact) mass is 253 g/mol. The molecule has 2 aromatic heterocycles. The van der Waals surface area contributed by atoms with Crippen LogP contribution in [0.5, 0.6) is 0 Å². The Labute approximate surface area is 91.3 Å². The Bertz CT molecular complexity index is 468. The lowest BCUT2D eigenvalue weighted by Crippen LogP contribution is -2.23. The van der Waals surface area contributed by atoms with Crippen molar-refractivity contribution in [3.63, 3.8) is 0 Å². The van der Waals surface area contributed by atoms with Crippen LogP contribution < -0.4 is 0 Å². The summed E-state index contributed by atoms with van der Waals surface area (Å²) >= 11 is 3.39. The molecule has 2 heterocycles. The van der Waals surface area contributed by atoms with Gasteiger partial charge in [-0.05, 0) is 42.8 Å². The Morgan fingerprint density at radius 1 is 1.29 bits per heavy atom. The third kappa shape index (κ3) is 1.54. The molecule has 0 saturated heterocycles. The smallest absolute Gasteiger partial charge is 0.158 e. The Balaban J connectivity index is 2.70. The molecule has 2 aromatic rings. The highest BCUT2D eigenvalue weighted by Gasteiger charge is 2.17.